The van der Waals surface area contributed by atoms with E-state index in [1.165, 1.54) is 14.2 Å². The zero-order valence-electron chi connectivity index (χ0n) is 29.9. The molecule has 0 aliphatic carbocycles. The molecule has 5 aromatic rings. The lowest BCUT2D eigenvalue weighted by Crippen LogP contribution is -2.42. The van der Waals surface area contributed by atoms with Crippen LogP contribution in [0.2, 0.25) is 0 Å². The molecule has 0 saturated carbocycles. The topological polar surface area (TPSA) is 175 Å². The second-order valence-corrected chi connectivity index (χ2v) is 13.1. The van der Waals surface area contributed by atoms with E-state index >= 15 is 0 Å². The van der Waals surface area contributed by atoms with Crippen LogP contribution in [0.15, 0.2) is 78.9 Å². The summed E-state index contributed by atoms with van der Waals surface area (Å²) in [4.78, 5) is 61.9. The van der Waals surface area contributed by atoms with Gasteiger partial charge in [0.15, 0.2) is 0 Å². The smallest absolute Gasteiger partial charge is 0.407 e. The Bertz CT molecular complexity index is 2220. The number of fused-ring (bicyclic) bond motifs is 1. The highest BCUT2D eigenvalue weighted by Crippen LogP contribution is 2.35. The highest BCUT2D eigenvalue weighted by molar-refractivity contribution is 5.87. The molecule has 0 unspecified atom stereocenters. The third-order valence-corrected chi connectivity index (χ3v) is 9.81. The molecule has 3 atom stereocenters. The van der Waals surface area contributed by atoms with Gasteiger partial charge in [-0.2, -0.15) is 5.10 Å². The first-order chi connectivity index (χ1) is 26.3. The van der Waals surface area contributed by atoms with E-state index in [0.717, 1.165) is 64.8 Å². The van der Waals surface area contributed by atoms with Crippen molar-refractivity contribution in [2.75, 3.05) is 33.9 Å². The highest BCUT2D eigenvalue weighted by atomic mass is 16.5. The normalized spacial score (nSPS) is 17.1. The summed E-state index contributed by atoms with van der Waals surface area (Å²) in [6.07, 6.45) is 1.89. The zero-order chi connectivity index (χ0) is 37.6. The number of alkyl carbamates (subject to hydrolysis) is 2. The number of likely N-dealkylation sites (tertiary alicyclic amines) is 2. The lowest BCUT2D eigenvalue weighted by Gasteiger charge is -2.28. The Morgan fingerprint density at radius 2 is 1.56 bits per heavy atom. The van der Waals surface area contributed by atoms with Gasteiger partial charge in [0.2, 0.25) is 11.8 Å². The number of imidazole rings is 1. The molecule has 2 saturated heterocycles. The van der Waals surface area contributed by atoms with Gasteiger partial charge in [0.25, 0.3) is 0 Å². The summed E-state index contributed by atoms with van der Waals surface area (Å²) in [5.74, 6) is 6.76. The largest absolute Gasteiger partial charge is 0.453 e. The van der Waals surface area contributed by atoms with Crippen molar-refractivity contribution in [3.05, 3.63) is 107 Å². The van der Waals surface area contributed by atoms with Crippen LogP contribution in [-0.4, -0.2) is 87.8 Å². The predicted molar refractivity (Wildman–Crippen MR) is 199 cm³/mol. The van der Waals surface area contributed by atoms with E-state index in [2.05, 4.69) is 42.4 Å². The highest BCUT2D eigenvalue weighted by Gasteiger charge is 2.37. The van der Waals surface area contributed by atoms with Gasteiger partial charge < -0.3 is 34.9 Å². The van der Waals surface area contributed by atoms with Gasteiger partial charge in [0.1, 0.15) is 18.4 Å². The fraction of sp³-hybridized carbons (Fsp3) is 0.300. The SMILES string of the molecule is COC(=O)NCC(=O)N1CCC[C@H]1c1nc2cc(C#Cc3ccc(-c4cc([C@@H]5CCCN5C(=O)[C@H](NC(=O)OC)c5ccccc5)[nH]n4)cc3)ccc2[nH]1. The molecule has 276 valence electrons. The van der Waals surface area contributed by atoms with Crippen LogP contribution in [0.4, 0.5) is 9.59 Å². The van der Waals surface area contributed by atoms with Crippen LogP contribution in [0.3, 0.4) is 0 Å². The summed E-state index contributed by atoms with van der Waals surface area (Å²) in [7, 11) is 2.53. The fourth-order valence-corrected chi connectivity index (χ4v) is 7.09. The number of methoxy groups -OCH3 is 2. The van der Waals surface area contributed by atoms with E-state index in [1.807, 2.05) is 78.9 Å². The van der Waals surface area contributed by atoms with Gasteiger partial charge in [-0.25, -0.2) is 14.6 Å². The Labute approximate surface area is 311 Å². The van der Waals surface area contributed by atoms with Crippen molar-refractivity contribution in [1.82, 2.24) is 40.6 Å². The van der Waals surface area contributed by atoms with Gasteiger partial charge in [-0.1, -0.05) is 54.3 Å². The maximum Gasteiger partial charge on any atom is 0.407 e. The molecule has 7 rings (SSSR count). The molecular formula is C40H40N8O6. The Morgan fingerprint density at radius 3 is 2.31 bits per heavy atom. The van der Waals surface area contributed by atoms with E-state index in [9.17, 15) is 19.2 Å². The molecule has 14 heteroatoms. The van der Waals surface area contributed by atoms with Crippen LogP contribution in [0.1, 0.15) is 72.0 Å². The first-order valence-electron chi connectivity index (χ1n) is 17.8. The van der Waals surface area contributed by atoms with Crippen molar-refractivity contribution in [3.8, 4) is 23.1 Å². The van der Waals surface area contributed by atoms with Crippen LogP contribution in [-0.2, 0) is 19.1 Å². The third-order valence-electron chi connectivity index (χ3n) is 9.81. The Kier molecular flexibility index (Phi) is 10.6. The van der Waals surface area contributed by atoms with E-state index in [0.29, 0.717) is 24.5 Å². The number of carbonyl (C=O) groups is 4. The minimum Gasteiger partial charge on any atom is -0.453 e. The molecule has 2 aromatic heterocycles. The summed E-state index contributed by atoms with van der Waals surface area (Å²) in [5, 5.41) is 12.9. The number of carbonyl (C=O) groups excluding carboxylic acids is 4. The lowest BCUT2D eigenvalue weighted by atomic mass is 10.0. The number of hydrogen-bond donors (Lipinski definition) is 4. The second kappa shape index (κ2) is 16.0. The molecular weight excluding hydrogens is 688 g/mol. The molecule has 0 bridgehead atoms. The number of aromatic amines is 2. The molecule has 4 N–H and O–H groups in total. The van der Waals surface area contributed by atoms with Crippen molar-refractivity contribution in [1.29, 1.82) is 0 Å². The summed E-state index contributed by atoms with van der Waals surface area (Å²) in [6.45, 7) is 1.01. The molecule has 54 heavy (non-hydrogen) atoms. The number of benzene rings is 3. The summed E-state index contributed by atoms with van der Waals surface area (Å²) in [6, 6.07) is 23.4. The Balaban J connectivity index is 1.01. The van der Waals surface area contributed by atoms with Gasteiger partial charge in [-0.15, -0.1) is 0 Å². The van der Waals surface area contributed by atoms with E-state index in [1.54, 1.807) is 9.80 Å². The number of hydrogen-bond acceptors (Lipinski definition) is 8. The number of nitrogens with one attached hydrogen (secondary N) is 4. The minimum atomic E-state index is -0.877. The van der Waals surface area contributed by atoms with Gasteiger partial charge in [-0.05, 0) is 67.6 Å². The van der Waals surface area contributed by atoms with Crippen molar-refractivity contribution in [2.24, 2.45) is 0 Å². The van der Waals surface area contributed by atoms with Crippen LogP contribution >= 0.6 is 0 Å². The van der Waals surface area contributed by atoms with Gasteiger partial charge in [0.05, 0.1) is 48.7 Å². The Morgan fingerprint density at radius 1 is 0.852 bits per heavy atom. The maximum atomic E-state index is 13.8. The lowest BCUT2D eigenvalue weighted by molar-refractivity contribution is -0.134. The minimum absolute atomic E-state index is 0.136. The van der Waals surface area contributed by atoms with Gasteiger partial charge in [-0.3, -0.25) is 14.7 Å². The molecule has 2 aliphatic heterocycles. The third kappa shape index (κ3) is 7.75. The van der Waals surface area contributed by atoms with Gasteiger partial charge in [0, 0.05) is 29.8 Å². The molecule has 4 heterocycles. The second-order valence-electron chi connectivity index (χ2n) is 13.1. The zero-order valence-corrected chi connectivity index (χ0v) is 29.9. The molecule has 0 spiro atoms. The molecule has 4 amide bonds. The van der Waals surface area contributed by atoms with Crippen LogP contribution in [0.5, 0.6) is 0 Å². The molecule has 2 fully saturated rings. The fourth-order valence-electron chi connectivity index (χ4n) is 7.09. The predicted octanol–water partition coefficient (Wildman–Crippen LogP) is 5.13. The Hall–Kier alpha value is -6.62. The van der Waals surface area contributed by atoms with Gasteiger partial charge >= 0.3 is 12.2 Å². The number of amides is 4. The molecule has 2 aliphatic rings. The van der Waals surface area contributed by atoms with Crippen molar-refractivity contribution >= 4 is 35.0 Å². The number of nitrogens with zero attached hydrogens (tertiary/aromatic N) is 4. The molecule has 0 radical (unpaired) electrons. The van der Waals surface area contributed by atoms with E-state index in [4.69, 9.17) is 9.72 Å². The quantitative estimate of drug-likeness (QED) is 0.159. The number of aromatic nitrogens is 4. The van der Waals surface area contributed by atoms with Crippen LogP contribution in [0.25, 0.3) is 22.3 Å². The monoisotopic (exact) mass is 728 g/mol. The number of ether oxygens (including phenoxy) is 2. The summed E-state index contributed by atoms with van der Waals surface area (Å²) in [5.41, 5.74) is 6.39. The maximum absolute atomic E-state index is 13.8. The molecule has 14 nitrogen and oxygen atoms in total. The van der Waals surface area contributed by atoms with Crippen molar-refractivity contribution in [3.63, 3.8) is 0 Å². The molecule has 3 aromatic carbocycles. The summed E-state index contributed by atoms with van der Waals surface area (Å²) < 4.78 is 9.38. The van der Waals surface area contributed by atoms with E-state index < -0.39 is 18.2 Å². The number of rotatable bonds is 8. The average molecular weight is 729 g/mol. The first-order valence-corrected chi connectivity index (χ1v) is 17.8. The number of H-pyrrole nitrogens is 2. The van der Waals surface area contributed by atoms with Crippen LogP contribution < -0.4 is 10.6 Å². The average Bonchev–Trinajstić information content (AvgIpc) is 4.04. The van der Waals surface area contributed by atoms with Crippen LogP contribution in [0, 0.1) is 11.8 Å². The summed E-state index contributed by atoms with van der Waals surface area (Å²) >= 11 is 0. The first kappa shape index (κ1) is 35.8. The van der Waals surface area contributed by atoms with Crippen molar-refractivity contribution in [2.45, 2.75) is 43.8 Å². The van der Waals surface area contributed by atoms with Crippen molar-refractivity contribution < 1.29 is 28.7 Å². The standard InChI is InChI=1S/C40H40N8O6/c1-53-39(51)41-24-35(49)47-20-7-11-34(47)37-42-29-19-16-26(22-31(29)43-37)13-12-25-14-17-27(18-15-25)30-23-32(46-45-30)33-10-6-21-48(33)38(50)36(44-40(52)54-2)28-8-4-3-5-9-28/h3-5,8-9,14-19,22-23,33-34,36H,6-7,10-11,20-21,24H2,1-2H3,(H,41,51)(H,42,43)(H,44,52)(H,45,46)/t33-,34-,36+/m0/s1. The van der Waals surface area contributed by atoms with E-state index in [-0.39, 0.29) is 30.4 Å².